The Hall–Kier alpha value is -3.10. The van der Waals surface area contributed by atoms with Crippen molar-refractivity contribution in [1.82, 2.24) is 4.98 Å². The third-order valence-corrected chi connectivity index (χ3v) is 5.00. The van der Waals surface area contributed by atoms with E-state index >= 15 is 0 Å². The van der Waals surface area contributed by atoms with Crippen LogP contribution < -0.4 is 9.47 Å². The van der Waals surface area contributed by atoms with Gasteiger partial charge in [-0.15, -0.1) is 11.3 Å². The zero-order chi connectivity index (χ0) is 17.2. The van der Waals surface area contributed by atoms with Crippen molar-refractivity contribution in [2.24, 2.45) is 0 Å². The highest BCUT2D eigenvalue weighted by molar-refractivity contribution is 7.19. The molecule has 0 saturated carbocycles. The predicted octanol–water partition coefficient (Wildman–Crippen LogP) is 4.69. The second-order valence-corrected chi connectivity index (χ2v) is 6.57. The van der Waals surface area contributed by atoms with Crippen LogP contribution in [-0.4, -0.2) is 18.7 Å². The zero-order valence-electron chi connectivity index (χ0n) is 13.5. The van der Waals surface area contributed by atoms with Gasteiger partial charge in [0.25, 0.3) is 0 Å². The fourth-order valence-electron chi connectivity index (χ4n) is 2.76. The Kier molecular flexibility index (Phi) is 3.96. The highest BCUT2D eigenvalue weighted by Gasteiger charge is 2.16. The molecule has 0 N–H and O–H groups in total. The lowest BCUT2D eigenvalue weighted by Gasteiger charge is -2.18. The van der Waals surface area contributed by atoms with Gasteiger partial charge >= 0.3 is 0 Å². The summed E-state index contributed by atoms with van der Waals surface area (Å²) in [6, 6.07) is 15.9. The molecule has 2 heterocycles. The SMILES string of the molecule is COc1cccc2c1OCC(/C=C(/C#N)c1nc3ccccc3s1)=C2. The quantitative estimate of drug-likeness (QED) is 0.646. The molecule has 0 fully saturated rings. The van der Waals surface area contributed by atoms with Gasteiger partial charge in [-0.05, 0) is 35.9 Å². The maximum atomic E-state index is 9.57. The van der Waals surface area contributed by atoms with Crippen LogP contribution in [-0.2, 0) is 0 Å². The van der Waals surface area contributed by atoms with Gasteiger partial charge in [-0.25, -0.2) is 4.98 Å². The molecule has 0 bridgehead atoms. The van der Waals surface area contributed by atoms with E-state index in [4.69, 9.17) is 9.47 Å². The summed E-state index contributed by atoms with van der Waals surface area (Å²) in [6.45, 7) is 0.392. The van der Waals surface area contributed by atoms with E-state index in [0.717, 1.165) is 32.1 Å². The number of fused-ring (bicyclic) bond motifs is 2. The summed E-state index contributed by atoms with van der Waals surface area (Å²) in [7, 11) is 1.62. The van der Waals surface area contributed by atoms with E-state index in [1.165, 1.54) is 11.3 Å². The van der Waals surface area contributed by atoms with Gasteiger partial charge in [0.15, 0.2) is 11.5 Å². The summed E-state index contributed by atoms with van der Waals surface area (Å²) in [5, 5.41) is 10.3. The van der Waals surface area contributed by atoms with Gasteiger partial charge in [0.2, 0.25) is 0 Å². The molecule has 1 aliphatic rings. The Morgan fingerprint density at radius 3 is 2.96 bits per heavy atom. The molecule has 0 radical (unpaired) electrons. The predicted molar refractivity (Wildman–Crippen MR) is 99.7 cm³/mol. The van der Waals surface area contributed by atoms with Gasteiger partial charge in [0, 0.05) is 5.56 Å². The van der Waals surface area contributed by atoms with Crippen molar-refractivity contribution in [2.75, 3.05) is 13.7 Å². The molecule has 25 heavy (non-hydrogen) atoms. The van der Waals surface area contributed by atoms with E-state index in [1.807, 2.05) is 54.6 Å². The molecule has 0 unspecified atom stereocenters. The Morgan fingerprint density at radius 2 is 2.16 bits per heavy atom. The molecule has 0 amide bonds. The van der Waals surface area contributed by atoms with Crippen LogP contribution in [0.2, 0.25) is 0 Å². The molecule has 3 aromatic rings. The maximum absolute atomic E-state index is 9.57. The standard InChI is InChI=1S/C20H14N2O2S/c1-23-17-7-4-5-14-9-13(12-24-19(14)17)10-15(11-21)20-22-16-6-2-3-8-18(16)25-20/h2-10H,12H2,1H3/b15-10-. The number of ether oxygens (including phenoxy) is 2. The first kappa shape index (κ1) is 15.4. The van der Waals surface area contributed by atoms with E-state index in [0.29, 0.717) is 17.9 Å². The van der Waals surface area contributed by atoms with Gasteiger partial charge < -0.3 is 9.47 Å². The lowest BCUT2D eigenvalue weighted by atomic mass is 10.0. The van der Waals surface area contributed by atoms with Gasteiger partial charge in [0.05, 0.1) is 22.9 Å². The number of nitrogens with zero attached hydrogens (tertiary/aromatic N) is 2. The van der Waals surface area contributed by atoms with Crippen molar-refractivity contribution in [1.29, 1.82) is 5.26 Å². The smallest absolute Gasteiger partial charge is 0.168 e. The highest BCUT2D eigenvalue weighted by atomic mass is 32.1. The molecule has 1 aliphatic heterocycles. The summed E-state index contributed by atoms with van der Waals surface area (Å²) < 4.78 is 12.2. The van der Waals surface area contributed by atoms with E-state index in [-0.39, 0.29) is 0 Å². The third-order valence-electron chi connectivity index (χ3n) is 3.93. The molecular weight excluding hydrogens is 332 g/mol. The highest BCUT2D eigenvalue weighted by Crippen LogP contribution is 2.36. The molecule has 1 aromatic heterocycles. The summed E-state index contributed by atoms with van der Waals surface area (Å²) >= 11 is 1.52. The number of allylic oxidation sites excluding steroid dienone is 1. The second-order valence-electron chi connectivity index (χ2n) is 5.54. The van der Waals surface area contributed by atoms with Crippen LogP contribution in [0.1, 0.15) is 10.6 Å². The monoisotopic (exact) mass is 346 g/mol. The summed E-state index contributed by atoms with van der Waals surface area (Å²) in [5.41, 5.74) is 3.32. The van der Waals surface area contributed by atoms with E-state index in [1.54, 1.807) is 7.11 Å². The van der Waals surface area contributed by atoms with Gasteiger partial charge in [-0.2, -0.15) is 5.26 Å². The van der Waals surface area contributed by atoms with Crippen molar-refractivity contribution in [3.63, 3.8) is 0 Å². The number of benzene rings is 2. The fraction of sp³-hybridized carbons (Fsp3) is 0.100. The van der Waals surface area contributed by atoms with Gasteiger partial charge in [-0.1, -0.05) is 24.3 Å². The largest absolute Gasteiger partial charge is 0.493 e. The fourth-order valence-corrected chi connectivity index (χ4v) is 3.69. The first-order chi connectivity index (χ1) is 12.3. The van der Waals surface area contributed by atoms with Crippen molar-refractivity contribution in [3.8, 4) is 17.6 Å². The normalized spacial score (nSPS) is 13.6. The molecule has 0 saturated heterocycles. The lowest BCUT2D eigenvalue weighted by Crippen LogP contribution is -2.07. The minimum atomic E-state index is 0.392. The zero-order valence-corrected chi connectivity index (χ0v) is 14.3. The Bertz CT molecular complexity index is 1020. The first-order valence-electron chi connectivity index (χ1n) is 7.76. The minimum absolute atomic E-state index is 0.392. The number of para-hydroxylation sites is 2. The van der Waals surface area contributed by atoms with Crippen molar-refractivity contribution < 1.29 is 9.47 Å². The average molecular weight is 346 g/mol. The molecule has 0 aliphatic carbocycles. The second kappa shape index (κ2) is 6.42. The Labute approximate surface area is 149 Å². The third kappa shape index (κ3) is 2.88. The molecule has 5 heteroatoms. The summed E-state index contributed by atoms with van der Waals surface area (Å²) in [4.78, 5) is 4.56. The number of thiazole rings is 1. The minimum Gasteiger partial charge on any atom is -0.493 e. The molecular formula is C20H14N2O2S. The molecule has 2 aromatic carbocycles. The lowest BCUT2D eigenvalue weighted by molar-refractivity contribution is 0.318. The number of aromatic nitrogens is 1. The summed E-state index contributed by atoms with van der Waals surface area (Å²) in [6.07, 6.45) is 3.87. The average Bonchev–Trinajstić information content (AvgIpc) is 3.09. The maximum Gasteiger partial charge on any atom is 0.168 e. The molecule has 122 valence electrons. The summed E-state index contributed by atoms with van der Waals surface area (Å²) in [5.74, 6) is 1.45. The topological polar surface area (TPSA) is 55.1 Å². The van der Waals surface area contributed by atoms with E-state index in [9.17, 15) is 5.26 Å². The van der Waals surface area contributed by atoms with Crippen LogP contribution in [0.15, 0.2) is 54.1 Å². The van der Waals surface area contributed by atoms with E-state index in [2.05, 4.69) is 11.1 Å². The number of methoxy groups -OCH3 is 1. The number of rotatable bonds is 3. The van der Waals surface area contributed by atoms with Crippen LogP contribution in [0, 0.1) is 11.3 Å². The van der Waals surface area contributed by atoms with Crippen molar-refractivity contribution >= 4 is 33.2 Å². The van der Waals surface area contributed by atoms with Crippen LogP contribution in [0.25, 0.3) is 21.9 Å². The Balaban J connectivity index is 1.73. The number of nitriles is 1. The molecule has 4 rings (SSSR count). The number of hydrogen-bond donors (Lipinski definition) is 0. The van der Waals surface area contributed by atoms with Crippen LogP contribution in [0.5, 0.6) is 11.5 Å². The van der Waals surface area contributed by atoms with Crippen LogP contribution >= 0.6 is 11.3 Å². The van der Waals surface area contributed by atoms with Crippen LogP contribution in [0.3, 0.4) is 0 Å². The molecule has 0 spiro atoms. The van der Waals surface area contributed by atoms with Crippen molar-refractivity contribution in [2.45, 2.75) is 0 Å². The molecule has 0 atom stereocenters. The van der Waals surface area contributed by atoms with Crippen molar-refractivity contribution in [3.05, 3.63) is 64.7 Å². The Morgan fingerprint density at radius 1 is 1.28 bits per heavy atom. The first-order valence-corrected chi connectivity index (χ1v) is 8.58. The molecule has 4 nitrogen and oxygen atoms in total. The van der Waals surface area contributed by atoms with Crippen LogP contribution in [0.4, 0.5) is 0 Å². The number of hydrogen-bond acceptors (Lipinski definition) is 5. The van der Waals surface area contributed by atoms with E-state index < -0.39 is 0 Å². The van der Waals surface area contributed by atoms with Gasteiger partial charge in [-0.3, -0.25) is 0 Å². The van der Waals surface area contributed by atoms with Gasteiger partial charge in [0.1, 0.15) is 17.7 Å².